The summed E-state index contributed by atoms with van der Waals surface area (Å²) in [5.41, 5.74) is -0.404. The Hall–Kier alpha value is -3.04. The third kappa shape index (κ3) is 2.93. The fraction of sp³-hybridized carbons (Fsp3) is 0.0500. The maximum atomic E-state index is 13.9. The highest BCUT2D eigenvalue weighted by molar-refractivity contribution is 7.25. The third-order valence-electron chi connectivity index (χ3n) is 4.47. The Labute approximate surface area is 169 Å². The lowest BCUT2D eigenvalue weighted by Crippen LogP contribution is -2.17. The molecule has 0 radical (unpaired) electrons. The average Bonchev–Trinajstić information content (AvgIpc) is 3.36. The fourth-order valence-corrected chi connectivity index (χ4v) is 4.94. The standard InChI is InChI=1S/C20H10F3N3OS2/c21-20(22,23)12-9-13(14-7-4-8-28-14)25-18-15(12)16-17(29-18)19(27)26(10-24-16)11-5-2-1-3-6-11/h1-10H. The molecule has 29 heavy (non-hydrogen) atoms. The van der Waals surface area contributed by atoms with Crippen molar-refractivity contribution in [2.24, 2.45) is 0 Å². The number of hydrogen-bond donors (Lipinski definition) is 0. The Balaban J connectivity index is 1.86. The zero-order valence-electron chi connectivity index (χ0n) is 14.5. The van der Waals surface area contributed by atoms with E-state index in [2.05, 4.69) is 9.97 Å². The zero-order chi connectivity index (χ0) is 20.2. The third-order valence-corrected chi connectivity index (χ3v) is 6.42. The van der Waals surface area contributed by atoms with Gasteiger partial charge in [-0.05, 0) is 29.6 Å². The van der Waals surface area contributed by atoms with Crippen molar-refractivity contribution < 1.29 is 13.2 Å². The minimum absolute atomic E-state index is 0.0275. The average molecular weight is 429 g/mol. The summed E-state index contributed by atoms with van der Waals surface area (Å²) in [6.45, 7) is 0. The Bertz CT molecular complexity index is 1400. The molecule has 0 spiro atoms. The molecule has 0 unspecified atom stereocenters. The van der Waals surface area contributed by atoms with E-state index in [0.29, 0.717) is 10.6 Å². The van der Waals surface area contributed by atoms with E-state index < -0.39 is 17.3 Å². The summed E-state index contributed by atoms with van der Waals surface area (Å²) in [6.07, 6.45) is -3.34. The molecule has 9 heteroatoms. The SMILES string of the molecule is O=c1c2sc3nc(-c4cccs4)cc(C(F)(F)F)c3c2ncn1-c1ccccc1. The molecule has 0 bridgehead atoms. The molecule has 4 aromatic heterocycles. The molecule has 0 saturated carbocycles. The van der Waals surface area contributed by atoms with Gasteiger partial charge < -0.3 is 0 Å². The molecule has 0 N–H and O–H groups in total. The number of aromatic nitrogens is 3. The maximum absolute atomic E-state index is 13.9. The summed E-state index contributed by atoms with van der Waals surface area (Å²) in [4.78, 5) is 22.4. The Morgan fingerprint density at radius 1 is 1.03 bits per heavy atom. The fourth-order valence-electron chi connectivity index (χ4n) is 3.17. The number of alkyl halides is 3. The van der Waals surface area contributed by atoms with E-state index in [1.165, 1.54) is 22.2 Å². The van der Waals surface area contributed by atoms with Gasteiger partial charge in [-0.2, -0.15) is 13.2 Å². The van der Waals surface area contributed by atoms with Crippen molar-refractivity contribution >= 4 is 43.1 Å². The van der Waals surface area contributed by atoms with Crippen LogP contribution in [0.15, 0.2) is 65.0 Å². The van der Waals surface area contributed by atoms with Gasteiger partial charge in [-0.3, -0.25) is 9.36 Å². The van der Waals surface area contributed by atoms with Crippen molar-refractivity contribution in [3.05, 3.63) is 76.2 Å². The zero-order valence-corrected chi connectivity index (χ0v) is 16.1. The number of thiophene rings is 2. The summed E-state index contributed by atoms with van der Waals surface area (Å²) in [5, 5.41) is 1.65. The first-order valence-electron chi connectivity index (χ1n) is 8.45. The van der Waals surface area contributed by atoms with Gasteiger partial charge in [0.1, 0.15) is 15.9 Å². The molecule has 5 aromatic rings. The predicted octanol–water partition coefficient (Wildman–Crippen LogP) is 5.74. The molecule has 0 fully saturated rings. The molecule has 0 saturated heterocycles. The van der Waals surface area contributed by atoms with Gasteiger partial charge in [0.2, 0.25) is 0 Å². The highest BCUT2D eigenvalue weighted by Gasteiger charge is 2.35. The van der Waals surface area contributed by atoms with Crippen LogP contribution in [0.1, 0.15) is 5.56 Å². The summed E-state index contributed by atoms with van der Waals surface area (Å²) in [5.74, 6) is 0. The van der Waals surface area contributed by atoms with Crippen LogP contribution < -0.4 is 5.56 Å². The van der Waals surface area contributed by atoms with Crippen LogP contribution in [-0.2, 0) is 6.18 Å². The van der Waals surface area contributed by atoms with Crippen LogP contribution in [0.5, 0.6) is 0 Å². The first-order valence-corrected chi connectivity index (χ1v) is 10.1. The highest BCUT2D eigenvalue weighted by atomic mass is 32.1. The molecule has 1 aromatic carbocycles. The van der Waals surface area contributed by atoms with Crippen molar-refractivity contribution in [2.75, 3.05) is 0 Å². The molecular weight excluding hydrogens is 419 g/mol. The van der Waals surface area contributed by atoms with Crippen LogP contribution in [0.3, 0.4) is 0 Å². The molecular formula is C20H10F3N3OS2. The number of nitrogens with zero attached hydrogens (tertiary/aromatic N) is 3. The van der Waals surface area contributed by atoms with Gasteiger partial charge in [0.05, 0.1) is 32.7 Å². The van der Waals surface area contributed by atoms with Crippen LogP contribution in [0.4, 0.5) is 13.2 Å². The van der Waals surface area contributed by atoms with Crippen molar-refractivity contribution in [1.82, 2.24) is 14.5 Å². The second-order valence-corrected chi connectivity index (χ2v) is 8.19. The predicted molar refractivity (Wildman–Crippen MR) is 109 cm³/mol. The monoisotopic (exact) mass is 429 g/mol. The van der Waals surface area contributed by atoms with E-state index in [1.54, 1.807) is 41.8 Å². The quantitative estimate of drug-likeness (QED) is 0.359. The van der Waals surface area contributed by atoms with Gasteiger partial charge in [-0.25, -0.2) is 9.97 Å². The van der Waals surface area contributed by atoms with E-state index in [1.807, 2.05) is 6.07 Å². The molecule has 4 heterocycles. The lowest BCUT2D eigenvalue weighted by atomic mass is 10.1. The number of halogens is 3. The lowest BCUT2D eigenvalue weighted by molar-refractivity contribution is -0.136. The smallest absolute Gasteiger partial charge is 0.267 e. The van der Waals surface area contributed by atoms with Gasteiger partial charge in [0.15, 0.2) is 0 Å². The highest BCUT2D eigenvalue weighted by Crippen LogP contribution is 2.42. The number of rotatable bonds is 2. The van der Waals surface area contributed by atoms with E-state index in [0.717, 1.165) is 17.4 Å². The van der Waals surface area contributed by atoms with Gasteiger partial charge in [0, 0.05) is 0 Å². The minimum atomic E-state index is -4.60. The number of fused-ring (bicyclic) bond motifs is 3. The molecule has 0 aliphatic rings. The van der Waals surface area contributed by atoms with Gasteiger partial charge in [0.25, 0.3) is 5.56 Å². The van der Waals surface area contributed by atoms with E-state index in [4.69, 9.17) is 0 Å². The Morgan fingerprint density at radius 3 is 2.52 bits per heavy atom. The number of benzene rings is 1. The van der Waals surface area contributed by atoms with E-state index in [-0.39, 0.29) is 26.1 Å². The van der Waals surface area contributed by atoms with Crippen molar-refractivity contribution in [2.45, 2.75) is 6.18 Å². The molecule has 0 aliphatic carbocycles. The first-order chi connectivity index (χ1) is 13.9. The molecule has 0 atom stereocenters. The van der Waals surface area contributed by atoms with Crippen molar-refractivity contribution in [3.8, 4) is 16.3 Å². The Kier molecular flexibility index (Phi) is 4.04. The largest absolute Gasteiger partial charge is 0.417 e. The Morgan fingerprint density at radius 2 is 1.83 bits per heavy atom. The molecule has 4 nitrogen and oxygen atoms in total. The van der Waals surface area contributed by atoms with Crippen molar-refractivity contribution in [3.63, 3.8) is 0 Å². The maximum Gasteiger partial charge on any atom is 0.417 e. The van der Waals surface area contributed by atoms with Gasteiger partial charge in [-0.15, -0.1) is 22.7 Å². The van der Waals surface area contributed by atoms with Crippen LogP contribution >= 0.6 is 22.7 Å². The van der Waals surface area contributed by atoms with Gasteiger partial charge in [-0.1, -0.05) is 24.3 Å². The second kappa shape index (κ2) is 6.50. The number of pyridine rings is 1. The molecule has 144 valence electrons. The molecule has 5 rings (SSSR count). The summed E-state index contributed by atoms with van der Waals surface area (Å²) in [6, 6.07) is 13.3. The topological polar surface area (TPSA) is 47.8 Å². The van der Waals surface area contributed by atoms with Crippen molar-refractivity contribution in [1.29, 1.82) is 0 Å². The summed E-state index contributed by atoms with van der Waals surface area (Å²) >= 11 is 2.24. The van der Waals surface area contributed by atoms with Crippen LogP contribution in [0.25, 0.3) is 36.7 Å². The summed E-state index contributed by atoms with van der Waals surface area (Å²) < 4.78 is 43.0. The van der Waals surface area contributed by atoms with Crippen LogP contribution in [0, 0.1) is 0 Å². The lowest BCUT2D eigenvalue weighted by Gasteiger charge is -2.10. The molecule has 0 amide bonds. The van der Waals surface area contributed by atoms with E-state index >= 15 is 0 Å². The number of para-hydroxylation sites is 1. The van der Waals surface area contributed by atoms with Crippen LogP contribution in [-0.4, -0.2) is 14.5 Å². The van der Waals surface area contributed by atoms with Crippen LogP contribution in [0.2, 0.25) is 0 Å². The van der Waals surface area contributed by atoms with E-state index in [9.17, 15) is 18.0 Å². The second-order valence-electron chi connectivity index (χ2n) is 6.25. The van der Waals surface area contributed by atoms with Gasteiger partial charge >= 0.3 is 6.18 Å². The summed E-state index contributed by atoms with van der Waals surface area (Å²) in [7, 11) is 0. The normalized spacial score (nSPS) is 12.1. The number of hydrogen-bond acceptors (Lipinski definition) is 5. The minimum Gasteiger partial charge on any atom is -0.267 e. The first kappa shape index (κ1) is 18.0. The molecule has 0 aliphatic heterocycles.